The molecule has 0 aliphatic carbocycles. The maximum Gasteiger partial charge on any atom is 0.272 e. The summed E-state index contributed by atoms with van der Waals surface area (Å²) in [5.74, 6) is 0.464. The van der Waals surface area contributed by atoms with Crippen LogP contribution in [0.3, 0.4) is 0 Å². The Bertz CT molecular complexity index is 422. The molecule has 2 heterocycles. The summed E-state index contributed by atoms with van der Waals surface area (Å²) in [5.41, 5.74) is 0.453. The number of rotatable bonds is 3. The molecule has 1 saturated heterocycles. The number of pyridine rings is 1. The van der Waals surface area contributed by atoms with E-state index in [-0.39, 0.29) is 11.9 Å². The van der Waals surface area contributed by atoms with Gasteiger partial charge in [-0.2, -0.15) is 0 Å². The number of carbonyl (C=O) groups is 1. The van der Waals surface area contributed by atoms with E-state index in [1.807, 2.05) is 4.90 Å². The Balaban J connectivity index is 2.18. The fourth-order valence-electron chi connectivity index (χ4n) is 2.19. The number of hydrogen-bond donors (Lipinski definition) is 1. The van der Waals surface area contributed by atoms with Gasteiger partial charge in [0, 0.05) is 31.7 Å². The molecule has 0 aromatic carbocycles. The van der Waals surface area contributed by atoms with Crippen molar-refractivity contribution in [3.63, 3.8) is 0 Å². The fraction of sp³-hybridized carbons (Fsp3) is 0.538. The number of hydrogen-bond acceptors (Lipinski definition) is 4. The van der Waals surface area contributed by atoms with Gasteiger partial charge >= 0.3 is 0 Å². The predicted molar refractivity (Wildman–Crippen MR) is 68.8 cm³/mol. The van der Waals surface area contributed by atoms with Crippen LogP contribution in [0.5, 0.6) is 5.88 Å². The molecule has 1 aliphatic rings. The van der Waals surface area contributed by atoms with Gasteiger partial charge in [-0.3, -0.25) is 4.79 Å². The SMILES string of the molecule is CCC1CNCCN1C(=O)c1cccc(OC)n1. The van der Waals surface area contributed by atoms with Crippen molar-refractivity contribution < 1.29 is 9.53 Å². The zero-order chi connectivity index (χ0) is 13.0. The molecular formula is C13H19N3O2. The lowest BCUT2D eigenvalue weighted by molar-refractivity contribution is 0.0624. The van der Waals surface area contributed by atoms with E-state index in [2.05, 4.69) is 17.2 Å². The number of methoxy groups -OCH3 is 1. The molecule has 98 valence electrons. The molecule has 1 unspecified atom stereocenters. The minimum Gasteiger partial charge on any atom is -0.481 e. The van der Waals surface area contributed by atoms with Crippen LogP contribution in [0.1, 0.15) is 23.8 Å². The van der Waals surface area contributed by atoms with Gasteiger partial charge in [-0.05, 0) is 12.5 Å². The summed E-state index contributed by atoms with van der Waals surface area (Å²) in [7, 11) is 1.55. The molecule has 0 bridgehead atoms. The van der Waals surface area contributed by atoms with Gasteiger partial charge in [0.1, 0.15) is 5.69 Å². The monoisotopic (exact) mass is 249 g/mol. The zero-order valence-electron chi connectivity index (χ0n) is 10.8. The molecule has 0 saturated carbocycles. The predicted octanol–water partition coefficient (Wildman–Crippen LogP) is 0.914. The summed E-state index contributed by atoms with van der Waals surface area (Å²) in [6.45, 7) is 4.52. The van der Waals surface area contributed by atoms with Gasteiger partial charge in [0.15, 0.2) is 0 Å². The lowest BCUT2D eigenvalue weighted by Crippen LogP contribution is -2.53. The van der Waals surface area contributed by atoms with Crippen molar-refractivity contribution in [2.24, 2.45) is 0 Å². The van der Waals surface area contributed by atoms with Crippen LogP contribution >= 0.6 is 0 Å². The molecule has 1 atom stereocenters. The van der Waals surface area contributed by atoms with Crippen LogP contribution in [0.25, 0.3) is 0 Å². The van der Waals surface area contributed by atoms with Crippen LogP contribution in [-0.4, -0.2) is 48.6 Å². The van der Waals surface area contributed by atoms with Crippen molar-refractivity contribution in [2.75, 3.05) is 26.7 Å². The number of aromatic nitrogens is 1. The summed E-state index contributed by atoms with van der Waals surface area (Å²) < 4.78 is 5.05. The van der Waals surface area contributed by atoms with Crippen LogP contribution in [0.2, 0.25) is 0 Å². The molecule has 1 N–H and O–H groups in total. The molecule has 1 amide bonds. The van der Waals surface area contributed by atoms with Crippen LogP contribution in [0.4, 0.5) is 0 Å². The van der Waals surface area contributed by atoms with Crippen LogP contribution in [0.15, 0.2) is 18.2 Å². The Kier molecular flexibility index (Phi) is 4.15. The molecule has 0 spiro atoms. The van der Waals surface area contributed by atoms with Crippen molar-refractivity contribution in [3.8, 4) is 5.88 Å². The van der Waals surface area contributed by atoms with Gasteiger partial charge < -0.3 is 15.0 Å². The van der Waals surface area contributed by atoms with Crippen molar-refractivity contribution in [2.45, 2.75) is 19.4 Å². The Morgan fingerprint density at radius 1 is 1.61 bits per heavy atom. The van der Waals surface area contributed by atoms with Crippen LogP contribution in [0, 0.1) is 0 Å². The highest BCUT2D eigenvalue weighted by Gasteiger charge is 2.26. The lowest BCUT2D eigenvalue weighted by Gasteiger charge is -2.35. The van der Waals surface area contributed by atoms with E-state index >= 15 is 0 Å². The highest BCUT2D eigenvalue weighted by Crippen LogP contribution is 2.13. The largest absolute Gasteiger partial charge is 0.481 e. The topological polar surface area (TPSA) is 54.5 Å². The minimum atomic E-state index is -0.0118. The fourth-order valence-corrected chi connectivity index (χ4v) is 2.19. The quantitative estimate of drug-likeness (QED) is 0.865. The second kappa shape index (κ2) is 5.82. The Morgan fingerprint density at radius 2 is 2.44 bits per heavy atom. The molecule has 2 rings (SSSR count). The van der Waals surface area contributed by atoms with E-state index in [1.54, 1.807) is 25.3 Å². The van der Waals surface area contributed by atoms with Gasteiger partial charge in [-0.15, -0.1) is 0 Å². The molecule has 18 heavy (non-hydrogen) atoms. The first-order valence-corrected chi connectivity index (χ1v) is 6.29. The molecule has 0 radical (unpaired) electrons. The highest BCUT2D eigenvalue weighted by molar-refractivity contribution is 5.92. The van der Waals surface area contributed by atoms with Crippen molar-refractivity contribution >= 4 is 5.91 Å². The van der Waals surface area contributed by atoms with Crippen LogP contribution < -0.4 is 10.1 Å². The maximum atomic E-state index is 12.4. The lowest BCUT2D eigenvalue weighted by atomic mass is 10.1. The third kappa shape index (κ3) is 2.61. The summed E-state index contributed by atoms with van der Waals surface area (Å²) in [4.78, 5) is 18.5. The Hall–Kier alpha value is -1.62. The second-order valence-corrected chi connectivity index (χ2v) is 4.33. The number of nitrogens with zero attached hydrogens (tertiary/aromatic N) is 2. The smallest absolute Gasteiger partial charge is 0.272 e. The van der Waals surface area contributed by atoms with Gasteiger partial charge in [-0.1, -0.05) is 13.0 Å². The summed E-state index contributed by atoms with van der Waals surface area (Å²) >= 11 is 0. The maximum absolute atomic E-state index is 12.4. The number of carbonyl (C=O) groups excluding carboxylic acids is 1. The van der Waals surface area contributed by atoms with E-state index in [0.29, 0.717) is 11.6 Å². The third-order valence-electron chi connectivity index (χ3n) is 3.23. The number of nitrogens with one attached hydrogen (secondary N) is 1. The average molecular weight is 249 g/mol. The zero-order valence-corrected chi connectivity index (χ0v) is 10.8. The summed E-state index contributed by atoms with van der Waals surface area (Å²) in [6.07, 6.45) is 0.947. The minimum absolute atomic E-state index is 0.0118. The molecule has 1 fully saturated rings. The van der Waals surface area contributed by atoms with E-state index in [9.17, 15) is 4.79 Å². The number of piperazine rings is 1. The van der Waals surface area contributed by atoms with Gasteiger partial charge in [0.25, 0.3) is 5.91 Å². The summed E-state index contributed by atoms with van der Waals surface area (Å²) in [5, 5.41) is 3.31. The highest BCUT2D eigenvalue weighted by atomic mass is 16.5. The molecule has 1 aromatic rings. The molecule has 5 nitrogen and oxygen atoms in total. The molecular weight excluding hydrogens is 230 g/mol. The first kappa shape index (κ1) is 12.8. The first-order chi connectivity index (χ1) is 8.76. The second-order valence-electron chi connectivity index (χ2n) is 4.33. The standard InChI is InChI=1S/C13H19N3O2/c1-3-10-9-14-7-8-16(10)13(17)11-5-4-6-12(15-11)18-2/h4-6,10,14H,3,7-9H2,1-2H3. The van der Waals surface area contributed by atoms with E-state index < -0.39 is 0 Å². The third-order valence-corrected chi connectivity index (χ3v) is 3.23. The average Bonchev–Trinajstić information content (AvgIpc) is 2.46. The summed E-state index contributed by atoms with van der Waals surface area (Å²) in [6, 6.07) is 5.52. The normalized spacial score (nSPS) is 19.7. The first-order valence-electron chi connectivity index (χ1n) is 6.29. The van der Waals surface area contributed by atoms with E-state index in [1.165, 1.54) is 0 Å². The van der Waals surface area contributed by atoms with Crippen LogP contribution in [-0.2, 0) is 0 Å². The number of ether oxygens (including phenoxy) is 1. The van der Waals surface area contributed by atoms with Crippen molar-refractivity contribution in [1.29, 1.82) is 0 Å². The van der Waals surface area contributed by atoms with Gasteiger partial charge in [-0.25, -0.2) is 4.98 Å². The number of amides is 1. The van der Waals surface area contributed by atoms with Crippen molar-refractivity contribution in [1.82, 2.24) is 15.2 Å². The van der Waals surface area contributed by atoms with E-state index in [0.717, 1.165) is 26.1 Å². The molecule has 1 aromatic heterocycles. The molecule has 1 aliphatic heterocycles. The van der Waals surface area contributed by atoms with Crippen molar-refractivity contribution in [3.05, 3.63) is 23.9 Å². The molecule has 5 heteroatoms. The van der Waals surface area contributed by atoms with Gasteiger partial charge in [0.2, 0.25) is 5.88 Å². The Labute approximate surface area is 107 Å². The van der Waals surface area contributed by atoms with Gasteiger partial charge in [0.05, 0.1) is 7.11 Å². The van der Waals surface area contributed by atoms with E-state index in [4.69, 9.17) is 4.74 Å². The Morgan fingerprint density at radius 3 is 3.17 bits per heavy atom.